The van der Waals surface area contributed by atoms with Gasteiger partial charge in [0, 0.05) is 10.2 Å². The van der Waals surface area contributed by atoms with Crippen LogP contribution in [0.3, 0.4) is 0 Å². The molecule has 0 bridgehead atoms. The Hall–Kier alpha value is -2.67. The van der Waals surface area contributed by atoms with Gasteiger partial charge in [-0.1, -0.05) is 12.1 Å². The van der Waals surface area contributed by atoms with E-state index >= 15 is 0 Å². The minimum Gasteiger partial charge on any atom is -0.465 e. The Morgan fingerprint density at radius 2 is 1.52 bits per heavy atom. The number of methoxy groups -OCH3 is 1. The van der Waals surface area contributed by atoms with Gasteiger partial charge in [0.1, 0.15) is 0 Å². The van der Waals surface area contributed by atoms with Crippen LogP contribution in [-0.2, 0) is 14.3 Å². The molecule has 0 aliphatic carbocycles. The van der Waals surface area contributed by atoms with Crippen LogP contribution >= 0.6 is 15.9 Å². The normalized spacial score (nSPS) is 9.83. The number of rotatable bonds is 3. The van der Waals surface area contributed by atoms with Crippen LogP contribution in [0.15, 0.2) is 53.0 Å². The highest BCUT2D eigenvalue weighted by atomic mass is 79.9. The van der Waals surface area contributed by atoms with Gasteiger partial charge < -0.3 is 15.4 Å². The van der Waals surface area contributed by atoms with Gasteiger partial charge in [0.05, 0.1) is 18.4 Å². The van der Waals surface area contributed by atoms with Crippen LogP contribution in [0.5, 0.6) is 0 Å². The van der Waals surface area contributed by atoms with E-state index in [0.29, 0.717) is 21.4 Å². The number of hydrogen-bond donors (Lipinski definition) is 2. The van der Waals surface area contributed by atoms with Crippen LogP contribution in [0.4, 0.5) is 11.4 Å². The molecule has 0 heterocycles. The summed E-state index contributed by atoms with van der Waals surface area (Å²) in [7, 11) is 1.28. The van der Waals surface area contributed by atoms with E-state index in [2.05, 4.69) is 31.3 Å². The number of ether oxygens (including phenoxy) is 1. The summed E-state index contributed by atoms with van der Waals surface area (Å²) in [4.78, 5) is 35.1. The molecule has 2 aromatic carbocycles. The van der Waals surface area contributed by atoms with E-state index in [1.807, 2.05) is 0 Å². The summed E-state index contributed by atoms with van der Waals surface area (Å²) in [5.41, 5.74) is 1.24. The molecule has 6 nitrogen and oxygen atoms in total. The van der Waals surface area contributed by atoms with Crippen molar-refractivity contribution in [3.05, 3.63) is 58.6 Å². The van der Waals surface area contributed by atoms with Crippen molar-refractivity contribution in [1.29, 1.82) is 0 Å². The van der Waals surface area contributed by atoms with Crippen LogP contribution < -0.4 is 10.6 Å². The van der Waals surface area contributed by atoms with Crippen LogP contribution in [0, 0.1) is 0 Å². The summed E-state index contributed by atoms with van der Waals surface area (Å²) in [6, 6.07) is 13.0. The molecular weight excluding hydrogens is 364 g/mol. The summed E-state index contributed by atoms with van der Waals surface area (Å²) in [6.45, 7) is 0. The SMILES string of the molecule is COC(=O)c1ccc(NC(=O)C(=O)Nc2ccccc2Br)cc1. The summed E-state index contributed by atoms with van der Waals surface area (Å²) < 4.78 is 5.25. The lowest BCUT2D eigenvalue weighted by Crippen LogP contribution is -2.29. The first-order valence-electron chi connectivity index (χ1n) is 6.56. The zero-order valence-corrected chi connectivity index (χ0v) is 13.7. The number of hydrogen-bond acceptors (Lipinski definition) is 4. The molecule has 0 aliphatic rings. The number of benzene rings is 2. The average molecular weight is 377 g/mol. The molecule has 2 N–H and O–H groups in total. The van der Waals surface area contributed by atoms with E-state index in [1.54, 1.807) is 24.3 Å². The molecule has 0 aliphatic heterocycles. The van der Waals surface area contributed by atoms with Gasteiger partial charge in [0.15, 0.2) is 0 Å². The van der Waals surface area contributed by atoms with Gasteiger partial charge in [-0.05, 0) is 52.3 Å². The predicted molar refractivity (Wildman–Crippen MR) is 89.2 cm³/mol. The quantitative estimate of drug-likeness (QED) is 0.637. The summed E-state index contributed by atoms with van der Waals surface area (Å²) in [6.07, 6.45) is 0. The van der Waals surface area contributed by atoms with E-state index in [-0.39, 0.29) is 0 Å². The van der Waals surface area contributed by atoms with E-state index in [0.717, 1.165) is 0 Å². The second-order valence-corrected chi connectivity index (χ2v) is 5.31. The summed E-state index contributed by atoms with van der Waals surface area (Å²) in [5.74, 6) is -2.09. The molecule has 2 amide bonds. The Balaban J connectivity index is 2.00. The highest BCUT2D eigenvalue weighted by Gasteiger charge is 2.15. The van der Waals surface area contributed by atoms with Gasteiger partial charge in [-0.15, -0.1) is 0 Å². The smallest absolute Gasteiger partial charge is 0.337 e. The summed E-state index contributed by atoms with van der Waals surface area (Å²) >= 11 is 3.28. The Morgan fingerprint density at radius 3 is 2.13 bits per heavy atom. The maximum absolute atomic E-state index is 11.9. The van der Waals surface area contributed by atoms with Crippen molar-refractivity contribution in [1.82, 2.24) is 0 Å². The highest BCUT2D eigenvalue weighted by Crippen LogP contribution is 2.21. The largest absolute Gasteiger partial charge is 0.465 e. The first kappa shape index (κ1) is 16.7. The van der Waals surface area contributed by atoms with Crippen LogP contribution in [0.1, 0.15) is 10.4 Å². The van der Waals surface area contributed by atoms with Crippen molar-refractivity contribution in [3.8, 4) is 0 Å². The predicted octanol–water partition coefficient (Wildman–Crippen LogP) is 2.81. The number of halogens is 1. The van der Waals surface area contributed by atoms with Gasteiger partial charge in [-0.3, -0.25) is 9.59 Å². The molecule has 0 aromatic heterocycles. The van der Waals surface area contributed by atoms with Crippen molar-refractivity contribution in [2.75, 3.05) is 17.7 Å². The molecule has 0 saturated carbocycles. The van der Waals surface area contributed by atoms with Crippen LogP contribution in [0.2, 0.25) is 0 Å². The summed E-state index contributed by atoms with van der Waals surface area (Å²) in [5, 5.41) is 4.94. The lowest BCUT2D eigenvalue weighted by atomic mass is 10.2. The molecule has 2 rings (SSSR count). The Morgan fingerprint density at radius 1 is 0.913 bits per heavy atom. The topological polar surface area (TPSA) is 84.5 Å². The second kappa shape index (κ2) is 7.55. The molecule has 2 aromatic rings. The van der Waals surface area contributed by atoms with Crippen molar-refractivity contribution in [3.63, 3.8) is 0 Å². The fourth-order valence-electron chi connectivity index (χ4n) is 1.74. The molecule has 23 heavy (non-hydrogen) atoms. The third-order valence-corrected chi connectivity index (χ3v) is 3.58. The Labute approximate surface area is 141 Å². The molecular formula is C16H13BrN2O4. The number of anilines is 2. The zero-order chi connectivity index (χ0) is 16.8. The molecule has 0 fully saturated rings. The fourth-order valence-corrected chi connectivity index (χ4v) is 2.12. The van der Waals surface area contributed by atoms with Crippen molar-refractivity contribution >= 4 is 45.1 Å². The Bertz CT molecular complexity index is 744. The minimum absolute atomic E-state index is 0.350. The number of para-hydroxylation sites is 1. The molecule has 0 radical (unpaired) electrons. The maximum Gasteiger partial charge on any atom is 0.337 e. The fraction of sp³-hybridized carbons (Fsp3) is 0.0625. The minimum atomic E-state index is -0.813. The lowest BCUT2D eigenvalue weighted by molar-refractivity contribution is -0.133. The van der Waals surface area contributed by atoms with Crippen molar-refractivity contribution in [2.45, 2.75) is 0 Å². The van der Waals surface area contributed by atoms with E-state index in [1.165, 1.54) is 31.4 Å². The zero-order valence-electron chi connectivity index (χ0n) is 12.1. The van der Waals surface area contributed by atoms with Gasteiger partial charge >= 0.3 is 17.8 Å². The second-order valence-electron chi connectivity index (χ2n) is 4.46. The van der Waals surface area contributed by atoms with Gasteiger partial charge in [-0.25, -0.2) is 4.79 Å². The lowest BCUT2D eigenvalue weighted by Gasteiger charge is -2.08. The highest BCUT2D eigenvalue weighted by molar-refractivity contribution is 9.10. The van der Waals surface area contributed by atoms with E-state index in [4.69, 9.17) is 0 Å². The van der Waals surface area contributed by atoms with E-state index < -0.39 is 17.8 Å². The Kier molecular flexibility index (Phi) is 5.48. The number of carbonyl (C=O) groups is 3. The van der Waals surface area contributed by atoms with Crippen molar-refractivity contribution < 1.29 is 19.1 Å². The van der Waals surface area contributed by atoms with Gasteiger partial charge in [-0.2, -0.15) is 0 Å². The van der Waals surface area contributed by atoms with Crippen LogP contribution in [-0.4, -0.2) is 24.9 Å². The van der Waals surface area contributed by atoms with E-state index in [9.17, 15) is 14.4 Å². The third kappa shape index (κ3) is 4.40. The molecule has 0 atom stereocenters. The standard InChI is InChI=1S/C16H13BrN2O4/c1-23-16(22)10-6-8-11(9-7-10)18-14(20)15(21)19-13-5-3-2-4-12(13)17/h2-9H,1H3,(H,18,20)(H,19,21). The first-order chi connectivity index (χ1) is 11.0. The monoisotopic (exact) mass is 376 g/mol. The molecule has 0 spiro atoms. The molecule has 7 heteroatoms. The molecule has 118 valence electrons. The number of carbonyl (C=O) groups excluding carboxylic acids is 3. The van der Waals surface area contributed by atoms with Crippen molar-refractivity contribution in [2.24, 2.45) is 0 Å². The number of nitrogens with one attached hydrogen (secondary N) is 2. The number of esters is 1. The first-order valence-corrected chi connectivity index (χ1v) is 7.36. The molecule has 0 saturated heterocycles. The van der Waals surface area contributed by atoms with Gasteiger partial charge in [0.25, 0.3) is 0 Å². The number of amides is 2. The molecule has 0 unspecified atom stereocenters. The van der Waals surface area contributed by atoms with Gasteiger partial charge in [0.2, 0.25) is 0 Å². The maximum atomic E-state index is 11.9. The average Bonchev–Trinajstić information content (AvgIpc) is 2.56. The third-order valence-electron chi connectivity index (χ3n) is 2.89. The van der Waals surface area contributed by atoms with Crippen LogP contribution in [0.25, 0.3) is 0 Å².